The zero-order chi connectivity index (χ0) is 13.9. The molecule has 1 aliphatic heterocycles. The summed E-state index contributed by atoms with van der Waals surface area (Å²) in [7, 11) is 0. The van der Waals surface area contributed by atoms with E-state index in [2.05, 4.69) is 19.7 Å². The Kier molecular flexibility index (Phi) is 3.80. The average Bonchev–Trinajstić information content (AvgIpc) is 2.93. The number of Topliss-reactive ketones (excluding diaryl/α,β-unsaturated/α-hetero) is 1. The summed E-state index contributed by atoms with van der Waals surface area (Å²) in [5.74, 6) is 1.11. The van der Waals surface area contributed by atoms with Gasteiger partial charge in [-0.2, -0.15) is 0 Å². The topological polar surface area (TPSA) is 51.0 Å². The molecular formula is C14H15ClN4O. The fourth-order valence-electron chi connectivity index (χ4n) is 2.35. The molecular weight excluding hydrogens is 276 g/mol. The predicted molar refractivity (Wildman–Crippen MR) is 75.7 cm³/mol. The van der Waals surface area contributed by atoms with Gasteiger partial charge in [-0.1, -0.05) is 11.6 Å². The zero-order valence-electron chi connectivity index (χ0n) is 11.0. The molecule has 20 heavy (non-hydrogen) atoms. The van der Waals surface area contributed by atoms with Crippen molar-refractivity contribution in [3.8, 4) is 0 Å². The van der Waals surface area contributed by atoms with Gasteiger partial charge in [0.25, 0.3) is 0 Å². The van der Waals surface area contributed by atoms with Gasteiger partial charge < -0.3 is 4.57 Å². The molecule has 6 heteroatoms. The van der Waals surface area contributed by atoms with Gasteiger partial charge in [-0.3, -0.25) is 9.69 Å². The molecule has 0 radical (unpaired) electrons. The van der Waals surface area contributed by atoms with Crippen LogP contribution in [-0.4, -0.2) is 38.5 Å². The number of rotatable bonds is 4. The number of nitrogens with zero attached hydrogens (tertiary/aromatic N) is 4. The molecule has 2 heterocycles. The Morgan fingerprint density at radius 1 is 1.25 bits per heavy atom. The quantitative estimate of drug-likeness (QED) is 0.809. The molecule has 0 N–H and O–H groups in total. The first-order chi connectivity index (χ1) is 9.72. The molecule has 0 bridgehead atoms. The van der Waals surface area contributed by atoms with Crippen LogP contribution in [-0.2, 0) is 13.1 Å². The van der Waals surface area contributed by atoms with Gasteiger partial charge in [0.2, 0.25) is 0 Å². The zero-order valence-corrected chi connectivity index (χ0v) is 11.8. The number of carbonyl (C=O) groups excluding carboxylic acids is 1. The Bertz CT molecular complexity index is 608. The van der Waals surface area contributed by atoms with Gasteiger partial charge in [0.05, 0.1) is 6.54 Å². The van der Waals surface area contributed by atoms with Crippen LogP contribution in [0.1, 0.15) is 22.6 Å². The van der Waals surface area contributed by atoms with Crippen LogP contribution in [0.3, 0.4) is 0 Å². The largest absolute Gasteiger partial charge is 0.315 e. The van der Waals surface area contributed by atoms with Gasteiger partial charge in [-0.25, -0.2) is 0 Å². The highest BCUT2D eigenvalue weighted by molar-refractivity contribution is 6.30. The van der Waals surface area contributed by atoms with Crippen molar-refractivity contribution in [2.45, 2.75) is 19.5 Å². The van der Waals surface area contributed by atoms with Gasteiger partial charge in [0.1, 0.15) is 12.2 Å². The van der Waals surface area contributed by atoms with Crippen molar-refractivity contribution in [3.05, 3.63) is 47.0 Å². The number of halogens is 1. The fourth-order valence-corrected chi connectivity index (χ4v) is 2.47. The maximum atomic E-state index is 12.1. The van der Waals surface area contributed by atoms with Crippen molar-refractivity contribution in [1.29, 1.82) is 0 Å². The Morgan fingerprint density at radius 3 is 2.85 bits per heavy atom. The van der Waals surface area contributed by atoms with E-state index in [9.17, 15) is 4.79 Å². The van der Waals surface area contributed by atoms with Crippen LogP contribution in [0.15, 0.2) is 30.6 Å². The normalized spacial score (nSPS) is 15.1. The fraction of sp³-hybridized carbons (Fsp3) is 0.357. The number of fused-ring (bicyclic) bond motifs is 1. The standard InChI is InChI=1S/C14H15ClN4O/c15-12-3-1-11(2-4-12)13(20)5-6-18-7-8-19-10-16-17-14(19)9-18/h1-4,10H,5-9H2. The number of hydrogen-bond donors (Lipinski definition) is 0. The van der Waals surface area contributed by atoms with Crippen LogP contribution in [0, 0.1) is 0 Å². The maximum absolute atomic E-state index is 12.1. The first-order valence-corrected chi connectivity index (χ1v) is 6.98. The van der Waals surface area contributed by atoms with Crippen LogP contribution in [0.25, 0.3) is 0 Å². The van der Waals surface area contributed by atoms with Crippen molar-refractivity contribution in [2.24, 2.45) is 0 Å². The Morgan fingerprint density at radius 2 is 2.05 bits per heavy atom. The highest BCUT2D eigenvalue weighted by atomic mass is 35.5. The number of ketones is 1. The second-order valence-electron chi connectivity index (χ2n) is 4.90. The minimum atomic E-state index is 0.147. The van der Waals surface area contributed by atoms with E-state index >= 15 is 0 Å². The van der Waals surface area contributed by atoms with E-state index in [0.29, 0.717) is 11.4 Å². The monoisotopic (exact) mass is 290 g/mol. The lowest BCUT2D eigenvalue weighted by molar-refractivity contribution is 0.0955. The highest BCUT2D eigenvalue weighted by Crippen LogP contribution is 2.13. The van der Waals surface area contributed by atoms with Crippen LogP contribution in [0.2, 0.25) is 5.02 Å². The molecule has 0 amide bonds. The molecule has 104 valence electrons. The van der Waals surface area contributed by atoms with Crippen molar-refractivity contribution >= 4 is 17.4 Å². The summed E-state index contributed by atoms with van der Waals surface area (Å²) in [5, 5.41) is 8.62. The third-order valence-electron chi connectivity index (χ3n) is 3.54. The van der Waals surface area contributed by atoms with E-state index in [1.165, 1.54) is 0 Å². The van der Waals surface area contributed by atoms with E-state index in [0.717, 1.165) is 37.6 Å². The number of carbonyl (C=O) groups is 1. The number of benzene rings is 1. The number of aromatic nitrogens is 3. The highest BCUT2D eigenvalue weighted by Gasteiger charge is 2.18. The van der Waals surface area contributed by atoms with Crippen molar-refractivity contribution in [3.63, 3.8) is 0 Å². The van der Waals surface area contributed by atoms with Gasteiger partial charge in [0, 0.05) is 36.6 Å². The molecule has 0 saturated carbocycles. The summed E-state index contributed by atoms with van der Waals surface area (Å²) in [6.45, 7) is 3.32. The molecule has 1 aromatic heterocycles. The van der Waals surface area contributed by atoms with Crippen LogP contribution in [0.4, 0.5) is 0 Å². The molecule has 0 unspecified atom stereocenters. The molecule has 0 spiro atoms. The average molecular weight is 291 g/mol. The van der Waals surface area contributed by atoms with E-state index in [1.54, 1.807) is 30.6 Å². The number of hydrogen-bond acceptors (Lipinski definition) is 4. The molecule has 0 saturated heterocycles. The van der Waals surface area contributed by atoms with Gasteiger partial charge >= 0.3 is 0 Å². The third-order valence-corrected chi connectivity index (χ3v) is 3.79. The SMILES string of the molecule is O=C(CCN1CCn2cnnc2C1)c1ccc(Cl)cc1. The Labute approximate surface area is 122 Å². The lowest BCUT2D eigenvalue weighted by Gasteiger charge is -2.26. The molecule has 0 atom stereocenters. The molecule has 3 rings (SSSR count). The molecule has 1 aliphatic rings. The third kappa shape index (κ3) is 2.89. The van der Waals surface area contributed by atoms with E-state index < -0.39 is 0 Å². The Hall–Kier alpha value is -1.72. The first kappa shape index (κ1) is 13.3. The second-order valence-corrected chi connectivity index (χ2v) is 5.33. The van der Waals surface area contributed by atoms with E-state index in [-0.39, 0.29) is 5.78 Å². The second kappa shape index (κ2) is 5.73. The molecule has 2 aromatic rings. The first-order valence-electron chi connectivity index (χ1n) is 6.60. The van der Waals surface area contributed by atoms with E-state index in [4.69, 9.17) is 11.6 Å². The smallest absolute Gasteiger partial charge is 0.164 e. The molecule has 0 aliphatic carbocycles. The van der Waals surface area contributed by atoms with E-state index in [1.807, 2.05) is 0 Å². The van der Waals surface area contributed by atoms with Crippen molar-refractivity contribution in [2.75, 3.05) is 13.1 Å². The summed E-state index contributed by atoms with van der Waals surface area (Å²) in [6.07, 6.45) is 2.27. The summed E-state index contributed by atoms with van der Waals surface area (Å²) in [4.78, 5) is 14.3. The minimum absolute atomic E-state index is 0.147. The summed E-state index contributed by atoms with van der Waals surface area (Å²) >= 11 is 5.82. The Balaban J connectivity index is 1.55. The summed E-state index contributed by atoms with van der Waals surface area (Å²) in [5.41, 5.74) is 0.717. The van der Waals surface area contributed by atoms with Gasteiger partial charge in [-0.15, -0.1) is 10.2 Å². The van der Waals surface area contributed by atoms with Gasteiger partial charge in [0.15, 0.2) is 5.78 Å². The van der Waals surface area contributed by atoms with Crippen LogP contribution < -0.4 is 0 Å². The van der Waals surface area contributed by atoms with Crippen molar-refractivity contribution in [1.82, 2.24) is 19.7 Å². The lowest BCUT2D eigenvalue weighted by atomic mass is 10.1. The van der Waals surface area contributed by atoms with Crippen LogP contribution in [0.5, 0.6) is 0 Å². The molecule has 5 nitrogen and oxygen atoms in total. The van der Waals surface area contributed by atoms with Crippen LogP contribution >= 0.6 is 11.6 Å². The predicted octanol–water partition coefficient (Wildman–Crippen LogP) is 2.02. The summed E-state index contributed by atoms with van der Waals surface area (Å²) < 4.78 is 2.05. The van der Waals surface area contributed by atoms with Crippen molar-refractivity contribution < 1.29 is 4.79 Å². The molecule has 0 fully saturated rings. The lowest BCUT2D eigenvalue weighted by Crippen LogP contribution is -2.35. The maximum Gasteiger partial charge on any atom is 0.164 e. The van der Waals surface area contributed by atoms with Gasteiger partial charge in [-0.05, 0) is 24.3 Å². The summed E-state index contributed by atoms with van der Waals surface area (Å²) in [6, 6.07) is 7.05. The molecule has 1 aromatic carbocycles. The minimum Gasteiger partial charge on any atom is -0.315 e.